The zero-order valence-corrected chi connectivity index (χ0v) is 17.1. The third kappa shape index (κ3) is 3.87. The van der Waals surface area contributed by atoms with Crippen molar-refractivity contribution in [1.82, 2.24) is 9.55 Å². The minimum absolute atomic E-state index is 0.0172. The standard InChI is InChI=1S/C20H23N3O4S/c1-5-27-20(24)12-23-15(4)21-17-10-9-16(11-18(17)23)22-28(25,26)19-8-6-7-13(2)14(19)3/h6-11,22H,5,12H2,1-4H3. The number of sulfonamides is 1. The molecule has 2 aromatic carbocycles. The first-order valence-electron chi connectivity index (χ1n) is 8.94. The van der Waals surface area contributed by atoms with E-state index in [1.165, 1.54) is 0 Å². The Morgan fingerprint density at radius 2 is 1.93 bits per heavy atom. The molecule has 0 atom stereocenters. The minimum atomic E-state index is -3.74. The van der Waals surface area contributed by atoms with Crippen LogP contribution in [0.4, 0.5) is 5.69 Å². The van der Waals surface area contributed by atoms with Crippen molar-refractivity contribution in [3.05, 3.63) is 53.3 Å². The number of fused-ring (bicyclic) bond motifs is 1. The van der Waals surface area contributed by atoms with Crippen LogP contribution in [0.2, 0.25) is 0 Å². The van der Waals surface area contributed by atoms with Crippen LogP contribution in [0.3, 0.4) is 0 Å². The zero-order chi connectivity index (χ0) is 20.5. The number of rotatable bonds is 6. The number of nitrogens with one attached hydrogen (secondary N) is 1. The Morgan fingerprint density at radius 1 is 1.18 bits per heavy atom. The fourth-order valence-corrected chi connectivity index (χ4v) is 4.44. The number of benzene rings is 2. The highest BCUT2D eigenvalue weighted by molar-refractivity contribution is 7.92. The first-order chi connectivity index (χ1) is 13.2. The van der Waals surface area contributed by atoms with Crippen molar-refractivity contribution in [2.24, 2.45) is 0 Å². The number of hydrogen-bond acceptors (Lipinski definition) is 5. The molecule has 148 valence electrons. The van der Waals surface area contributed by atoms with Gasteiger partial charge in [-0.3, -0.25) is 9.52 Å². The smallest absolute Gasteiger partial charge is 0.326 e. The van der Waals surface area contributed by atoms with Gasteiger partial charge in [-0.2, -0.15) is 0 Å². The molecule has 1 aromatic heterocycles. The first-order valence-corrected chi connectivity index (χ1v) is 10.4. The normalized spacial score (nSPS) is 11.6. The average Bonchev–Trinajstić information content (AvgIpc) is 2.92. The summed E-state index contributed by atoms with van der Waals surface area (Å²) < 4.78 is 35.1. The molecule has 0 radical (unpaired) electrons. The maximum absolute atomic E-state index is 12.9. The summed E-state index contributed by atoms with van der Waals surface area (Å²) in [5.74, 6) is 0.281. The van der Waals surface area contributed by atoms with Gasteiger partial charge in [-0.25, -0.2) is 13.4 Å². The number of aromatic nitrogens is 2. The molecule has 1 heterocycles. The molecule has 7 nitrogen and oxygen atoms in total. The van der Waals surface area contributed by atoms with Crippen molar-refractivity contribution < 1.29 is 17.9 Å². The van der Waals surface area contributed by atoms with Gasteiger partial charge in [-0.1, -0.05) is 12.1 Å². The maximum Gasteiger partial charge on any atom is 0.326 e. The summed E-state index contributed by atoms with van der Waals surface area (Å²) in [5.41, 5.74) is 3.35. The maximum atomic E-state index is 12.9. The van der Waals surface area contributed by atoms with Crippen LogP contribution in [0.5, 0.6) is 0 Å². The van der Waals surface area contributed by atoms with E-state index in [9.17, 15) is 13.2 Å². The molecule has 0 saturated carbocycles. The number of carbonyl (C=O) groups is 1. The van der Waals surface area contributed by atoms with Crippen LogP contribution >= 0.6 is 0 Å². The summed E-state index contributed by atoms with van der Waals surface area (Å²) >= 11 is 0. The second-order valence-electron chi connectivity index (χ2n) is 6.56. The van der Waals surface area contributed by atoms with Crippen molar-refractivity contribution in [3.8, 4) is 0 Å². The Hall–Kier alpha value is -2.87. The average molecular weight is 401 g/mol. The summed E-state index contributed by atoms with van der Waals surface area (Å²) in [7, 11) is -3.74. The van der Waals surface area contributed by atoms with Gasteiger partial charge in [0.25, 0.3) is 10.0 Å². The molecule has 0 spiro atoms. The number of esters is 1. The molecule has 0 unspecified atom stereocenters. The summed E-state index contributed by atoms with van der Waals surface area (Å²) in [5, 5.41) is 0. The highest BCUT2D eigenvalue weighted by Gasteiger charge is 2.19. The molecule has 0 aliphatic carbocycles. The van der Waals surface area contributed by atoms with Gasteiger partial charge >= 0.3 is 5.97 Å². The lowest BCUT2D eigenvalue weighted by molar-refractivity contribution is -0.143. The van der Waals surface area contributed by atoms with Gasteiger partial charge in [-0.05, 0) is 63.1 Å². The molecule has 3 aromatic rings. The molecule has 0 aliphatic heterocycles. The van der Waals surface area contributed by atoms with Crippen LogP contribution in [0.15, 0.2) is 41.3 Å². The van der Waals surface area contributed by atoms with E-state index in [0.717, 1.165) is 5.56 Å². The predicted molar refractivity (Wildman–Crippen MR) is 108 cm³/mol. The lowest BCUT2D eigenvalue weighted by atomic mass is 10.1. The van der Waals surface area contributed by atoms with Crippen LogP contribution in [0, 0.1) is 20.8 Å². The molecule has 0 aliphatic rings. The number of aryl methyl sites for hydroxylation is 2. The number of carbonyl (C=O) groups excluding carboxylic acids is 1. The van der Waals surface area contributed by atoms with E-state index in [1.54, 1.807) is 55.7 Å². The summed E-state index contributed by atoms with van der Waals surface area (Å²) in [6.07, 6.45) is 0. The van der Waals surface area contributed by atoms with Crippen LogP contribution in [0.25, 0.3) is 11.0 Å². The SMILES string of the molecule is CCOC(=O)Cn1c(C)nc2ccc(NS(=O)(=O)c3cccc(C)c3C)cc21. The topological polar surface area (TPSA) is 90.3 Å². The van der Waals surface area contributed by atoms with Gasteiger partial charge in [0.15, 0.2) is 0 Å². The molecular weight excluding hydrogens is 378 g/mol. The molecule has 8 heteroatoms. The van der Waals surface area contributed by atoms with E-state index >= 15 is 0 Å². The quantitative estimate of drug-likeness (QED) is 0.640. The van der Waals surface area contributed by atoms with Crippen molar-refractivity contribution in [3.63, 3.8) is 0 Å². The van der Waals surface area contributed by atoms with E-state index in [-0.39, 0.29) is 17.4 Å². The molecule has 0 bridgehead atoms. The third-order valence-corrected chi connectivity index (χ3v) is 6.15. The Morgan fingerprint density at radius 3 is 2.64 bits per heavy atom. The molecule has 3 rings (SSSR count). The van der Waals surface area contributed by atoms with Gasteiger partial charge in [0, 0.05) is 0 Å². The Balaban J connectivity index is 1.98. The van der Waals surface area contributed by atoms with Gasteiger partial charge in [0.1, 0.15) is 12.4 Å². The van der Waals surface area contributed by atoms with Crippen LogP contribution in [0.1, 0.15) is 23.9 Å². The minimum Gasteiger partial charge on any atom is -0.465 e. The number of nitrogens with zero attached hydrogens (tertiary/aromatic N) is 2. The Labute approximate surface area is 164 Å². The van der Waals surface area contributed by atoms with Gasteiger partial charge < -0.3 is 9.30 Å². The van der Waals surface area contributed by atoms with Crippen molar-refractivity contribution in [2.45, 2.75) is 39.1 Å². The number of imidazole rings is 1. The van der Waals surface area contributed by atoms with E-state index < -0.39 is 10.0 Å². The lowest BCUT2D eigenvalue weighted by Gasteiger charge is -2.12. The van der Waals surface area contributed by atoms with Crippen molar-refractivity contribution in [1.29, 1.82) is 0 Å². The summed E-state index contributed by atoms with van der Waals surface area (Å²) in [4.78, 5) is 16.6. The molecule has 1 N–H and O–H groups in total. The highest BCUT2D eigenvalue weighted by Crippen LogP contribution is 2.25. The number of ether oxygens (including phenoxy) is 1. The van der Waals surface area contributed by atoms with Gasteiger partial charge in [0.05, 0.1) is 28.2 Å². The predicted octanol–water partition coefficient (Wildman–Crippen LogP) is 3.33. The largest absolute Gasteiger partial charge is 0.465 e. The van der Waals surface area contributed by atoms with E-state index in [1.807, 2.05) is 13.0 Å². The fraction of sp³-hybridized carbons (Fsp3) is 0.300. The van der Waals surface area contributed by atoms with Crippen LogP contribution < -0.4 is 4.72 Å². The van der Waals surface area contributed by atoms with Crippen molar-refractivity contribution in [2.75, 3.05) is 11.3 Å². The molecule has 0 amide bonds. The first kappa shape index (κ1) is 19.9. The van der Waals surface area contributed by atoms with E-state index in [2.05, 4.69) is 9.71 Å². The second kappa shape index (κ2) is 7.63. The molecule has 28 heavy (non-hydrogen) atoms. The summed E-state index contributed by atoms with van der Waals surface area (Å²) in [6.45, 7) is 7.51. The lowest BCUT2D eigenvalue weighted by Crippen LogP contribution is -2.15. The Kier molecular flexibility index (Phi) is 5.42. The Bertz CT molecular complexity index is 1150. The van der Waals surface area contributed by atoms with E-state index in [0.29, 0.717) is 34.7 Å². The molecule has 0 saturated heterocycles. The van der Waals surface area contributed by atoms with Crippen molar-refractivity contribution >= 4 is 32.7 Å². The second-order valence-corrected chi connectivity index (χ2v) is 8.21. The molecular formula is C20H23N3O4S. The summed E-state index contributed by atoms with van der Waals surface area (Å²) in [6, 6.07) is 10.2. The number of anilines is 1. The van der Waals surface area contributed by atoms with E-state index in [4.69, 9.17) is 4.74 Å². The highest BCUT2D eigenvalue weighted by atomic mass is 32.2. The monoisotopic (exact) mass is 401 g/mol. The fourth-order valence-electron chi connectivity index (χ4n) is 3.07. The zero-order valence-electron chi connectivity index (χ0n) is 16.3. The van der Waals surface area contributed by atoms with Crippen LogP contribution in [-0.4, -0.2) is 30.5 Å². The molecule has 0 fully saturated rings. The van der Waals surface area contributed by atoms with Crippen LogP contribution in [-0.2, 0) is 26.1 Å². The van der Waals surface area contributed by atoms with Gasteiger partial charge in [-0.15, -0.1) is 0 Å². The third-order valence-electron chi connectivity index (χ3n) is 4.63. The van der Waals surface area contributed by atoms with Gasteiger partial charge in [0.2, 0.25) is 0 Å². The number of hydrogen-bond donors (Lipinski definition) is 1.